The minimum Gasteiger partial charge on any atom is -0.465 e. The van der Waals surface area contributed by atoms with E-state index >= 15 is 0 Å². The molecule has 0 fully saturated rings. The number of unbranched alkanes of at least 4 members (excludes halogenated alkanes) is 2. The van der Waals surface area contributed by atoms with Crippen molar-refractivity contribution in [2.75, 3.05) is 31.2 Å². The summed E-state index contributed by atoms with van der Waals surface area (Å²) in [5.41, 5.74) is 4.30. The van der Waals surface area contributed by atoms with E-state index in [1.54, 1.807) is 13.8 Å². The van der Waals surface area contributed by atoms with Crippen LogP contribution in [0.5, 0.6) is 0 Å². The number of anilines is 1. The van der Waals surface area contributed by atoms with Gasteiger partial charge in [-0.05, 0) is 75.9 Å². The van der Waals surface area contributed by atoms with Gasteiger partial charge >= 0.3 is 11.9 Å². The van der Waals surface area contributed by atoms with Crippen LogP contribution in [0.3, 0.4) is 0 Å². The van der Waals surface area contributed by atoms with Gasteiger partial charge < -0.3 is 14.4 Å². The maximum absolute atomic E-state index is 12.7. The Morgan fingerprint density at radius 1 is 0.833 bits per heavy atom. The van der Waals surface area contributed by atoms with E-state index in [9.17, 15) is 9.59 Å². The SMILES string of the molecule is CCCCN(CCCC)c1ccc(N=Nc2ccc(C)cc2)c(CC(C(=O)OCC)C(=O)OCC)c1. The number of benzene rings is 2. The number of ether oxygens (including phenoxy) is 2. The fourth-order valence-corrected chi connectivity index (χ4v) is 3.79. The Morgan fingerprint density at radius 3 is 1.94 bits per heavy atom. The molecular formula is C29H41N3O4. The molecule has 0 N–H and O–H groups in total. The molecule has 0 atom stereocenters. The van der Waals surface area contributed by atoms with Crippen LogP contribution in [0, 0.1) is 12.8 Å². The summed E-state index contributed by atoms with van der Waals surface area (Å²) >= 11 is 0. The molecule has 0 spiro atoms. The van der Waals surface area contributed by atoms with Crippen LogP contribution in [-0.4, -0.2) is 38.2 Å². The lowest BCUT2D eigenvalue weighted by molar-refractivity contribution is -0.161. The lowest BCUT2D eigenvalue weighted by Crippen LogP contribution is -2.30. The first-order valence-corrected chi connectivity index (χ1v) is 13.1. The summed E-state index contributed by atoms with van der Waals surface area (Å²) in [5.74, 6) is -2.23. The van der Waals surface area contributed by atoms with Crippen molar-refractivity contribution in [3.63, 3.8) is 0 Å². The molecule has 2 aromatic rings. The minimum atomic E-state index is -1.06. The Kier molecular flexibility index (Phi) is 12.7. The molecule has 196 valence electrons. The third kappa shape index (κ3) is 9.10. The van der Waals surface area contributed by atoms with Crippen molar-refractivity contribution in [3.05, 3.63) is 53.6 Å². The third-order valence-electron chi connectivity index (χ3n) is 5.86. The molecular weight excluding hydrogens is 454 g/mol. The van der Waals surface area contributed by atoms with Crippen LogP contribution in [0.4, 0.5) is 17.1 Å². The molecule has 0 aromatic heterocycles. The Morgan fingerprint density at radius 2 is 1.42 bits per heavy atom. The summed E-state index contributed by atoms with van der Waals surface area (Å²) in [4.78, 5) is 27.8. The van der Waals surface area contributed by atoms with Gasteiger partial charge in [0.1, 0.15) is 0 Å². The Balaban J connectivity index is 2.48. The van der Waals surface area contributed by atoms with Gasteiger partial charge in [0.25, 0.3) is 0 Å². The van der Waals surface area contributed by atoms with E-state index in [1.165, 1.54) is 0 Å². The van der Waals surface area contributed by atoms with Crippen LogP contribution in [0.15, 0.2) is 52.7 Å². The minimum absolute atomic E-state index is 0.128. The highest BCUT2D eigenvalue weighted by Gasteiger charge is 2.31. The van der Waals surface area contributed by atoms with Crippen LogP contribution in [-0.2, 0) is 25.5 Å². The predicted molar refractivity (Wildman–Crippen MR) is 144 cm³/mol. The van der Waals surface area contributed by atoms with E-state index in [2.05, 4.69) is 29.0 Å². The standard InChI is InChI=1S/C29H41N3O4/c1-6-10-18-32(19-11-7-2)25-16-17-27(31-30-24-14-12-22(5)13-15-24)23(20-25)21-26(28(33)35-8-3)29(34)36-9-4/h12-17,20,26H,6-11,18-19,21H2,1-5H3. The number of rotatable bonds is 15. The van der Waals surface area contributed by atoms with Gasteiger partial charge in [0.15, 0.2) is 5.92 Å². The second kappa shape index (κ2) is 15.7. The second-order valence-corrected chi connectivity index (χ2v) is 8.80. The monoisotopic (exact) mass is 495 g/mol. The summed E-state index contributed by atoms with van der Waals surface area (Å²) in [6.07, 6.45) is 4.51. The molecule has 36 heavy (non-hydrogen) atoms. The van der Waals surface area contributed by atoms with Gasteiger partial charge in [0.2, 0.25) is 0 Å². The van der Waals surface area contributed by atoms with Crippen LogP contribution >= 0.6 is 0 Å². The number of azo groups is 1. The number of carbonyl (C=O) groups excluding carboxylic acids is 2. The van der Waals surface area contributed by atoms with Crippen LogP contribution in [0.1, 0.15) is 64.5 Å². The number of hydrogen-bond acceptors (Lipinski definition) is 7. The number of esters is 2. The normalized spacial score (nSPS) is 11.2. The lowest BCUT2D eigenvalue weighted by atomic mass is 9.97. The molecule has 2 rings (SSSR count). The first kappa shape index (κ1) is 29.0. The quantitative estimate of drug-likeness (QED) is 0.149. The molecule has 0 aliphatic rings. The van der Waals surface area contributed by atoms with E-state index in [0.717, 1.165) is 61.3 Å². The van der Waals surface area contributed by atoms with Gasteiger partial charge in [-0.3, -0.25) is 9.59 Å². The molecule has 0 aliphatic heterocycles. The molecule has 0 aliphatic carbocycles. The van der Waals surface area contributed by atoms with Crippen LogP contribution in [0.2, 0.25) is 0 Å². The van der Waals surface area contributed by atoms with Crippen LogP contribution < -0.4 is 4.90 Å². The zero-order valence-electron chi connectivity index (χ0n) is 22.5. The first-order valence-electron chi connectivity index (χ1n) is 13.1. The summed E-state index contributed by atoms with van der Waals surface area (Å²) in [6, 6.07) is 13.8. The van der Waals surface area contributed by atoms with E-state index < -0.39 is 17.9 Å². The highest BCUT2D eigenvalue weighted by Crippen LogP contribution is 2.30. The van der Waals surface area contributed by atoms with Crippen molar-refractivity contribution >= 4 is 29.0 Å². The Hall–Kier alpha value is -3.22. The summed E-state index contributed by atoms with van der Waals surface area (Å²) in [5, 5.41) is 8.90. The molecule has 0 amide bonds. The Labute approximate surface area is 215 Å². The maximum atomic E-state index is 12.7. The maximum Gasteiger partial charge on any atom is 0.320 e. The molecule has 2 aromatic carbocycles. The van der Waals surface area contributed by atoms with Crippen molar-refractivity contribution in [2.45, 2.75) is 66.7 Å². The molecule has 7 nitrogen and oxygen atoms in total. The summed E-state index contributed by atoms with van der Waals surface area (Å²) in [7, 11) is 0. The summed E-state index contributed by atoms with van der Waals surface area (Å²) in [6.45, 7) is 12.1. The largest absolute Gasteiger partial charge is 0.465 e. The van der Waals surface area contributed by atoms with E-state index in [4.69, 9.17) is 9.47 Å². The molecule has 0 heterocycles. The highest BCUT2D eigenvalue weighted by atomic mass is 16.6. The molecule has 7 heteroatoms. The van der Waals surface area contributed by atoms with Crippen molar-refractivity contribution in [1.29, 1.82) is 0 Å². The van der Waals surface area contributed by atoms with Gasteiger partial charge in [0, 0.05) is 18.8 Å². The van der Waals surface area contributed by atoms with E-state index in [0.29, 0.717) is 5.69 Å². The zero-order chi connectivity index (χ0) is 26.3. The predicted octanol–water partition coefficient (Wildman–Crippen LogP) is 7.10. The van der Waals surface area contributed by atoms with Crippen molar-refractivity contribution < 1.29 is 19.1 Å². The second-order valence-electron chi connectivity index (χ2n) is 8.80. The van der Waals surface area contributed by atoms with E-state index in [-0.39, 0.29) is 19.6 Å². The number of nitrogens with zero attached hydrogens (tertiary/aromatic N) is 3. The molecule has 0 unspecified atom stereocenters. The number of hydrogen-bond donors (Lipinski definition) is 0. The fourth-order valence-electron chi connectivity index (χ4n) is 3.79. The average Bonchev–Trinajstić information content (AvgIpc) is 2.87. The van der Waals surface area contributed by atoms with Crippen molar-refractivity contribution in [3.8, 4) is 0 Å². The Bertz CT molecular complexity index is 963. The molecule has 0 bridgehead atoms. The van der Waals surface area contributed by atoms with Gasteiger partial charge in [-0.15, -0.1) is 0 Å². The number of carbonyl (C=O) groups is 2. The molecule has 0 saturated carbocycles. The average molecular weight is 496 g/mol. The van der Waals surface area contributed by atoms with Crippen LogP contribution in [0.25, 0.3) is 0 Å². The smallest absolute Gasteiger partial charge is 0.320 e. The zero-order valence-corrected chi connectivity index (χ0v) is 22.5. The van der Waals surface area contributed by atoms with E-state index in [1.807, 2.05) is 49.4 Å². The lowest BCUT2D eigenvalue weighted by Gasteiger charge is -2.26. The van der Waals surface area contributed by atoms with Gasteiger partial charge in [0.05, 0.1) is 24.6 Å². The summed E-state index contributed by atoms with van der Waals surface area (Å²) < 4.78 is 10.4. The van der Waals surface area contributed by atoms with Gasteiger partial charge in [-0.25, -0.2) is 0 Å². The first-order chi connectivity index (χ1) is 17.4. The number of aryl methyl sites for hydroxylation is 1. The molecule has 0 saturated heterocycles. The molecule has 0 radical (unpaired) electrons. The third-order valence-corrected chi connectivity index (χ3v) is 5.86. The van der Waals surface area contributed by atoms with Gasteiger partial charge in [-0.2, -0.15) is 10.2 Å². The van der Waals surface area contributed by atoms with Crippen molar-refractivity contribution in [2.24, 2.45) is 16.1 Å². The topological polar surface area (TPSA) is 80.6 Å². The highest BCUT2D eigenvalue weighted by molar-refractivity contribution is 5.95. The van der Waals surface area contributed by atoms with Crippen molar-refractivity contribution in [1.82, 2.24) is 0 Å². The fraction of sp³-hybridized carbons (Fsp3) is 0.517. The van der Waals surface area contributed by atoms with Gasteiger partial charge in [-0.1, -0.05) is 44.4 Å².